The molecule has 0 atom stereocenters. The Bertz CT molecular complexity index is 1600. The van der Waals surface area contributed by atoms with Gasteiger partial charge < -0.3 is 5.73 Å². The zero-order valence-electron chi connectivity index (χ0n) is 20.8. The highest BCUT2D eigenvalue weighted by Crippen LogP contribution is 2.29. The molecular formula is C30H27FN6O. The Balaban J connectivity index is 1.34. The molecule has 1 saturated heterocycles. The van der Waals surface area contributed by atoms with Gasteiger partial charge in [0.15, 0.2) is 5.69 Å². The largest absolute Gasteiger partial charge is 0.364 e. The average Bonchev–Trinajstić information content (AvgIpc) is 3.34. The van der Waals surface area contributed by atoms with Gasteiger partial charge in [0.2, 0.25) is 0 Å². The first kappa shape index (κ1) is 23.9. The molecule has 8 heteroatoms. The van der Waals surface area contributed by atoms with Crippen molar-refractivity contribution in [2.24, 2.45) is 5.73 Å². The van der Waals surface area contributed by atoms with E-state index < -0.39 is 5.91 Å². The normalized spacial score (nSPS) is 14.1. The van der Waals surface area contributed by atoms with Gasteiger partial charge in [0.05, 0.1) is 23.1 Å². The number of piperidine rings is 1. The number of rotatable bonds is 6. The molecule has 7 nitrogen and oxygen atoms in total. The Morgan fingerprint density at radius 2 is 1.66 bits per heavy atom. The summed E-state index contributed by atoms with van der Waals surface area (Å²) in [5, 5.41) is 5.20. The number of hydrogen-bond donors (Lipinski definition) is 1. The van der Waals surface area contributed by atoms with Gasteiger partial charge in [-0.15, -0.1) is 0 Å². The van der Waals surface area contributed by atoms with Crippen LogP contribution in [0.25, 0.3) is 39.0 Å². The second kappa shape index (κ2) is 10.1. The number of amides is 1. The first-order chi connectivity index (χ1) is 18.5. The molecule has 3 aromatic heterocycles. The third-order valence-corrected chi connectivity index (χ3v) is 7.03. The molecule has 2 N–H and O–H groups in total. The van der Waals surface area contributed by atoms with Gasteiger partial charge in [-0.25, -0.2) is 9.07 Å². The Kier molecular flexibility index (Phi) is 6.39. The van der Waals surface area contributed by atoms with Crippen molar-refractivity contribution in [1.29, 1.82) is 0 Å². The lowest BCUT2D eigenvalue weighted by Gasteiger charge is -2.26. The zero-order chi connectivity index (χ0) is 26.1. The number of fused-ring (bicyclic) bond motifs is 1. The number of likely N-dealkylation sites (tertiary alicyclic amines) is 1. The molecule has 0 aliphatic carbocycles. The maximum atomic E-state index is 13.3. The fraction of sp³-hybridized carbons (Fsp3) is 0.200. The van der Waals surface area contributed by atoms with Gasteiger partial charge >= 0.3 is 0 Å². The molecule has 1 aliphatic rings. The van der Waals surface area contributed by atoms with E-state index in [0.717, 1.165) is 41.8 Å². The molecular weight excluding hydrogens is 479 g/mol. The minimum Gasteiger partial charge on any atom is -0.364 e. The number of benzene rings is 2. The fourth-order valence-corrected chi connectivity index (χ4v) is 5.09. The summed E-state index contributed by atoms with van der Waals surface area (Å²) < 4.78 is 15.0. The van der Waals surface area contributed by atoms with Gasteiger partial charge in [0.25, 0.3) is 5.91 Å². The molecule has 4 heterocycles. The van der Waals surface area contributed by atoms with E-state index in [1.807, 2.05) is 42.7 Å². The average molecular weight is 507 g/mol. The third-order valence-electron chi connectivity index (χ3n) is 7.03. The van der Waals surface area contributed by atoms with Crippen LogP contribution in [0.5, 0.6) is 0 Å². The topological polar surface area (TPSA) is 89.9 Å². The van der Waals surface area contributed by atoms with Gasteiger partial charge in [0, 0.05) is 35.5 Å². The van der Waals surface area contributed by atoms with Crippen LogP contribution in [-0.4, -0.2) is 43.6 Å². The van der Waals surface area contributed by atoms with E-state index in [2.05, 4.69) is 26.0 Å². The molecule has 1 amide bonds. The maximum Gasteiger partial charge on any atom is 0.269 e. The lowest BCUT2D eigenvalue weighted by atomic mass is 10.0. The Labute approximate surface area is 219 Å². The number of hydrogen-bond acceptors (Lipinski definition) is 5. The van der Waals surface area contributed by atoms with Crippen molar-refractivity contribution in [1.82, 2.24) is 24.6 Å². The Hall–Kier alpha value is -4.43. The summed E-state index contributed by atoms with van der Waals surface area (Å²) in [7, 11) is 0. The summed E-state index contributed by atoms with van der Waals surface area (Å²) in [4.78, 5) is 23.8. The van der Waals surface area contributed by atoms with Gasteiger partial charge in [-0.1, -0.05) is 12.5 Å². The third kappa shape index (κ3) is 4.78. The number of carbonyl (C=O) groups excluding carboxylic acids is 1. The van der Waals surface area contributed by atoms with Gasteiger partial charge in [-0.2, -0.15) is 5.10 Å². The number of nitrogens with two attached hydrogens (primary N) is 1. The van der Waals surface area contributed by atoms with Crippen molar-refractivity contribution in [3.63, 3.8) is 0 Å². The molecule has 0 unspecified atom stereocenters. The molecule has 1 aliphatic heterocycles. The zero-order valence-corrected chi connectivity index (χ0v) is 20.8. The summed E-state index contributed by atoms with van der Waals surface area (Å²) >= 11 is 0. The molecule has 6 rings (SSSR count). The fourth-order valence-electron chi connectivity index (χ4n) is 5.09. The summed E-state index contributed by atoms with van der Waals surface area (Å²) in [5.74, 6) is -0.894. The molecule has 0 bridgehead atoms. The SMILES string of the molecule is NC(=O)c1nn(-c2ccc(-c3ccc(F)cc3)nc2)c2ccc(-c3cncc(CN4CCCCC4)c3)cc12. The van der Waals surface area contributed by atoms with Crippen LogP contribution in [0, 0.1) is 5.82 Å². The van der Waals surface area contributed by atoms with E-state index in [9.17, 15) is 9.18 Å². The van der Waals surface area contributed by atoms with E-state index >= 15 is 0 Å². The van der Waals surface area contributed by atoms with Crippen molar-refractivity contribution in [3.8, 4) is 28.1 Å². The highest BCUT2D eigenvalue weighted by molar-refractivity contribution is 6.05. The number of primary amides is 1. The van der Waals surface area contributed by atoms with Crippen LogP contribution in [0.4, 0.5) is 4.39 Å². The lowest BCUT2D eigenvalue weighted by Crippen LogP contribution is -2.29. The first-order valence-corrected chi connectivity index (χ1v) is 12.8. The van der Waals surface area contributed by atoms with Gasteiger partial charge in [-0.3, -0.25) is 19.7 Å². The smallest absolute Gasteiger partial charge is 0.269 e. The predicted octanol–water partition coefficient (Wildman–Crippen LogP) is 5.37. The quantitative estimate of drug-likeness (QED) is 0.334. The van der Waals surface area contributed by atoms with Crippen LogP contribution in [0.2, 0.25) is 0 Å². The van der Waals surface area contributed by atoms with Crippen LogP contribution in [0.1, 0.15) is 35.3 Å². The summed E-state index contributed by atoms with van der Waals surface area (Å²) in [6.45, 7) is 3.13. The molecule has 38 heavy (non-hydrogen) atoms. The van der Waals surface area contributed by atoms with Crippen molar-refractivity contribution in [3.05, 3.63) is 96.3 Å². The lowest BCUT2D eigenvalue weighted by molar-refractivity contribution is 0.0996. The molecule has 0 saturated carbocycles. The predicted molar refractivity (Wildman–Crippen MR) is 145 cm³/mol. The number of aromatic nitrogens is 4. The van der Waals surface area contributed by atoms with Crippen molar-refractivity contribution >= 4 is 16.8 Å². The minimum atomic E-state index is -0.598. The van der Waals surface area contributed by atoms with E-state index in [-0.39, 0.29) is 11.5 Å². The van der Waals surface area contributed by atoms with Crippen LogP contribution >= 0.6 is 0 Å². The van der Waals surface area contributed by atoms with Crippen LogP contribution < -0.4 is 5.73 Å². The highest BCUT2D eigenvalue weighted by atomic mass is 19.1. The first-order valence-electron chi connectivity index (χ1n) is 12.8. The summed E-state index contributed by atoms with van der Waals surface area (Å²) in [5.41, 5.74) is 12.0. The molecule has 0 spiro atoms. The number of pyridine rings is 2. The maximum absolute atomic E-state index is 13.3. The summed E-state index contributed by atoms with van der Waals surface area (Å²) in [6.07, 6.45) is 9.23. The Morgan fingerprint density at radius 3 is 2.39 bits per heavy atom. The van der Waals surface area contributed by atoms with E-state index in [0.29, 0.717) is 16.8 Å². The van der Waals surface area contributed by atoms with Crippen LogP contribution in [0.3, 0.4) is 0 Å². The highest BCUT2D eigenvalue weighted by Gasteiger charge is 2.18. The Morgan fingerprint density at radius 1 is 0.868 bits per heavy atom. The minimum absolute atomic E-state index is 0.196. The van der Waals surface area contributed by atoms with Crippen LogP contribution in [0.15, 0.2) is 79.3 Å². The number of halogens is 1. The second-order valence-electron chi connectivity index (χ2n) is 9.68. The van der Waals surface area contributed by atoms with Crippen molar-refractivity contribution in [2.45, 2.75) is 25.8 Å². The summed E-state index contributed by atoms with van der Waals surface area (Å²) in [6, 6.07) is 17.9. The molecule has 0 radical (unpaired) electrons. The van der Waals surface area contributed by atoms with E-state index in [1.165, 1.54) is 37.0 Å². The van der Waals surface area contributed by atoms with Crippen molar-refractivity contribution in [2.75, 3.05) is 13.1 Å². The molecule has 190 valence electrons. The van der Waals surface area contributed by atoms with E-state index in [1.54, 1.807) is 23.0 Å². The number of nitrogens with zero attached hydrogens (tertiary/aromatic N) is 5. The van der Waals surface area contributed by atoms with E-state index in [4.69, 9.17) is 5.73 Å². The van der Waals surface area contributed by atoms with Crippen LogP contribution in [-0.2, 0) is 6.54 Å². The molecule has 5 aromatic rings. The monoisotopic (exact) mass is 506 g/mol. The van der Waals surface area contributed by atoms with Crippen molar-refractivity contribution < 1.29 is 9.18 Å². The van der Waals surface area contributed by atoms with Gasteiger partial charge in [0.1, 0.15) is 5.82 Å². The molecule has 1 fully saturated rings. The van der Waals surface area contributed by atoms with Gasteiger partial charge in [-0.05, 0) is 91.7 Å². The molecule has 2 aromatic carbocycles. The number of carbonyl (C=O) groups is 1. The standard InChI is InChI=1S/C30H27FN6O/c31-24-7-4-21(5-8-24)27-10-9-25(18-34-27)37-28-11-6-22(15-26(28)29(35-37)30(32)38)23-14-20(16-33-17-23)19-36-12-2-1-3-13-36/h4-11,14-18H,1-3,12-13,19H2,(H2,32,38). The second-order valence-corrected chi connectivity index (χ2v) is 9.68.